The quantitative estimate of drug-likeness (QED) is 0.777. The van der Waals surface area contributed by atoms with Gasteiger partial charge in [0.1, 0.15) is 0 Å². The lowest BCUT2D eigenvalue weighted by Gasteiger charge is -2.16. The Morgan fingerprint density at radius 2 is 2.13 bits per heavy atom. The van der Waals surface area contributed by atoms with E-state index in [4.69, 9.17) is 5.73 Å². The fourth-order valence-corrected chi connectivity index (χ4v) is 1.64. The minimum atomic E-state index is 0.523. The molecule has 0 spiro atoms. The third-order valence-electron chi connectivity index (χ3n) is 2.77. The maximum atomic E-state index is 5.60. The van der Waals surface area contributed by atoms with E-state index in [1.165, 1.54) is 16.8 Å². The third kappa shape index (κ3) is 3.24. The van der Waals surface area contributed by atoms with Crippen molar-refractivity contribution in [2.24, 2.45) is 11.7 Å². The van der Waals surface area contributed by atoms with E-state index in [0.717, 1.165) is 19.5 Å². The van der Waals surface area contributed by atoms with Crippen molar-refractivity contribution in [1.82, 2.24) is 0 Å². The molecule has 1 rings (SSSR count). The summed E-state index contributed by atoms with van der Waals surface area (Å²) in [6, 6.07) is 6.45. The molecule has 1 atom stereocenters. The average molecular weight is 206 g/mol. The molecule has 2 heteroatoms. The van der Waals surface area contributed by atoms with E-state index >= 15 is 0 Å². The second-order valence-corrected chi connectivity index (χ2v) is 4.18. The first-order chi connectivity index (χ1) is 7.19. The molecule has 0 aliphatic carbocycles. The fourth-order valence-electron chi connectivity index (χ4n) is 1.64. The lowest BCUT2D eigenvalue weighted by Crippen LogP contribution is -2.20. The monoisotopic (exact) mass is 206 g/mol. The van der Waals surface area contributed by atoms with E-state index < -0.39 is 0 Å². The summed E-state index contributed by atoms with van der Waals surface area (Å²) in [5.74, 6) is 0.523. The van der Waals surface area contributed by atoms with E-state index in [0.29, 0.717) is 5.92 Å². The molecular formula is C13H22N2. The van der Waals surface area contributed by atoms with Gasteiger partial charge in [-0.25, -0.2) is 0 Å². The summed E-state index contributed by atoms with van der Waals surface area (Å²) in [7, 11) is 0. The normalized spacial score (nSPS) is 12.5. The van der Waals surface area contributed by atoms with Crippen molar-refractivity contribution in [3.8, 4) is 0 Å². The second-order valence-electron chi connectivity index (χ2n) is 4.18. The maximum absolute atomic E-state index is 5.60. The smallest absolute Gasteiger partial charge is 0.0402 e. The van der Waals surface area contributed by atoms with Gasteiger partial charge in [-0.2, -0.15) is 0 Å². The molecule has 3 N–H and O–H groups in total. The molecule has 0 aliphatic heterocycles. The van der Waals surface area contributed by atoms with Crippen molar-refractivity contribution in [2.45, 2.75) is 27.2 Å². The molecule has 0 aromatic heterocycles. The Balaban J connectivity index is 2.74. The predicted octanol–water partition coefficient (Wildman–Crippen LogP) is 2.56. The number of anilines is 1. The fraction of sp³-hybridized carbons (Fsp3) is 0.538. The van der Waals surface area contributed by atoms with Gasteiger partial charge < -0.3 is 11.1 Å². The van der Waals surface area contributed by atoms with Crippen LogP contribution in [0.3, 0.4) is 0 Å². The van der Waals surface area contributed by atoms with Gasteiger partial charge in [-0.05, 0) is 36.9 Å². The number of hydrogen-bond donors (Lipinski definition) is 2. The molecule has 0 saturated carbocycles. The molecule has 0 amide bonds. The van der Waals surface area contributed by atoms with Crippen LogP contribution in [0.4, 0.5) is 5.69 Å². The topological polar surface area (TPSA) is 38.0 Å². The Labute approximate surface area is 92.9 Å². The SMILES string of the molecule is CCc1cccc(C)c1NCC(C)CN. The molecule has 2 nitrogen and oxygen atoms in total. The first kappa shape index (κ1) is 12.1. The first-order valence-electron chi connectivity index (χ1n) is 5.71. The van der Waals surface area contributed by atoms with E-state index in [9.17, 15) is 0 Å². The van der Waals surface area contributed by atoms with Crippen molar-refractivity contribution >= 4 is 5.69 Å². The highest BCUT2D eigenvalue weighted by atomic mass is 14.9. The summed E-state index contributed by atoms with van der Waals surface area (Å²) < 4.78 is 0. The molecule has 84 valence electrons. The minimum Gasteiger partial charge on any atom is -0.384 e. The molecule has 1 aromatic carbocycles. The van der Waals surface area contributed by atoms with E-state index in [2.05, 4.69) is 44.3 Å². The molecule has 1 unspecified atom stereocenters. The number of hydrogen-bond acceptors (Lipinski definition) is 2. The van der Waals surface area contributed by atoms with Crippen LogP contribution >= 0.6 is 0 Å². The summed E-state index contributed by atoms with van der Waals surface area (Å²) in [5.41, 5.74) is 9.60. The number of benzene rings is 1. The average Bonchev–Trinajstić information content (AvgIpc) is 2.26. The highest BCUT2D eigenvalue weighted by Gasteiger charge is 2.05. The van der Waals surface area contributed by atoms with Gasteiger partial charge in [0.05, 0.1) is 0 Å². The van der Waals surface area contributed by atoms with Crippen LogP contribution in [0.1, 0.15) is 25.0 Å². The minimum absolute atomic E-state index is 0.523. The number of nitrogens with two attached hydrogens (primary N) is 1. The van der Waals surface area contributed by atoms with Gasteiger partial charge in [-0.3, -0.25) is 0 Å². The lowest BCUT2D eigenvalue weighted by molar-refractivity contribution is 0.627. The number of nitrogens with one attached hydrogen (secondary N) is 1. The zero-order chi connectivity index (χ0) is 11.3. The Bertz CT molecular complexity index is 307. The first-order valence-corrected chi connectivity index (χ1v) is 5.71. The number of rotatable bonds is 5. The zero-order valence-electron chi connectivity index (χ0n) is 10.0. The summed E-state index contributed by atoms with van der Waals surface area (Å²) in [6.45, 7) is 8.19. The molecule has 0 heterocycles. The zero-order valence-corrected chi connectivity index (χ0v) is 10.0. The molecule has 0 radical (unpaired) electrons. The van der Waals surface area contributed by atoms with Crippen molar-refractivity contribution in [2.75, 3.05) is 18.4 Å². The maximum Gasteiger partial charge on any atom is 0.0402 e. The molecule has 0 bridgehead atoms. The Hall–Kier alpha value is -1.02. The van der Waals surface area contributed by atoms with Gasteiger partial charge in [0.25, 0.3) is 0 Å². The molecule has 0 fully saturated rings. The third-order valence-corrected chi connectivity index (χ3v) is 2.77. The summed E-state index contributed by atoms with van der Waals surface area (Å²) in [5, 5.41) is 3.50. The molecule has 0 aliphatic rings. The highest BCUT2D eigenvalue weighted by Crippen LogP contribution is 2.21. The molecular weight excluding hydrogens is 184 g/mol. The summed E-state index contributed by atoms with van der Waals surface area (Å²) >= 11 is 0. The van der Waals surface area contributed by atoms with Crippen LogP contribution in [-0.4, -0.2) is 13.1 Å². The van der Waals surface area contributed by atoms with Crippen LogP contribution in [-0.2, 0) is 6.42 Å². The van der Waals surface area contributed by atoms with Gasteiger partial charge in [-0.15, -0.1) is 0 Å². The van der Waals surface area contributed by atoms with Crippen LogP contribution in [0.15, 0.2) is 18.2 Å². The van der Waals surface area contributed by atoms with E-state index in [1.807, 2.05) is 0 Å². The van der Waals surface area contributed by atoms with Crippen LogP contribution in [0, 0.1) is 12.8 Å². The van der Waals surface area contributed by atoms with Crippen LogP contribution in [0.2, 0.25) is 0 Å². The van der Waals surface area contributed by atoms with Crippen molar-refractivity contribution in [1.29, 1.82) is 0 Å². The van der Waals surface area contributed by atoms with Gasteiger partial charge in [0, 0.05) is 12.2 Å². The van der Waals surface area contributed by atoms with E-state index in [1.54, 1.807) is 0 Å². The van der Waals surface area contributed by atoms with Crippen molar-refractivity contribution < 1.29 is 0 Å². The van der Waals surface area contributed by atoms with Gasteiger partial charge in [-0.1, -0.05) is 32.0 Å². The summed E-state index contributed by atoms with van der Waals surface area (Å²) in [4.78, 5) is 0. The van der Waals surface area contributed by atoms with Gasteiger partial charge in [0.15, 0.2) is 0 Å². The van der Waals surface area contributed by atoms with Crippen LogP contribution in [0.25, 0.3) is 0 Å². The standard InChI is InChI=1S/C13H22N2/c1-4-12-7-5-6-11(3)13(12)15-9-10(2)8-14/h5-7,10,15H,4,8-9,14H2,1-3H3. The van der Waals surface area contributed by atoms with Crippen molar-refractivity contribution in [3.63, 3.8) is 0 Å². The molecule has 0 saturated heterocycles. The predicted molar refractivity (Wildman–Crippen MR) is 67.3 cm³/mol. The van der Waals surface area contributed by atoms with E-state index in [-0.39, 0.29) is 0 Å². The molecule has 1 aromatic rings. The van der Waals surface area contributed by atoms with Crippen LogP contribution < -0.4 is 11.1 Å². The van der Waals surface area contributed by atoms with Crippen LogP contribution in [0.5, 0.6) is 0 Å². The van der Waals surface area contributed by atoms with Gasteiger partial charge >= 0.3 is 0 Å². The Morgan fingerprint density at radius 3 is 2.73 bits per heavy atom. The Kier molecular flexibility index (Phi) is 4.63. The van der Waals surface area contributed by atoms with Gasteiger partial charge in [0.2, 0.25) is 0 Å². The second kappa shape index (κ2) is 5.76. The molecule has 15 heavy (non-hydrogen) atoms. The number of aryl methyl sites for hydroxylation is 2. The summed E-state index contributed by atoms with van der Waals surface area (Å²) in [6.07, 6.45) is 1.07. The highest BCUT2D eigenvalue weighted by molar-refractivity contribution is 5.57. The lowest BCUT2D eigenvalue weighted by atomic mass is 10.1. The largest absolute Gasteiger partial charge is 0.384 e. The van der Waals surface area contributed by atoms with Crippen molar-refractivity contribution in [3.05, 3.63) is 29.3 Å². The number of para-hydroxylation sites is 1. The Morgan fingerprint density at radius 1 is 1.40 bits per heavy atom.